The predicted octanol–water partition coefficient (Wildman–Crippen LogP) is 4.48. The molecule has 7 heteroatoms. The summed E-state index contributed by atoms with van der Waals surface area (Å²) in [7, 11) is 0. The summed E-state index contributed by atoms with van der Waals surface area (Å²) in [5.74, 6) is -0.395. The molecule has 3 atom stereocenters. The number of rotatable bonds is 5. The van der Waals surface area contributed by atoms with E-state index in [9.17, 15) is 14.3 Å². The van der Waals surface area contributed by atoms with E-state index in [1.165, 1.54) is 12.1 Å². The van der Waals surface area contributed by atoms with Gasteiger partial charge in [-0.25, -0.2) is 9.18 Å². The summed E-state index contributed by atoms with van der Waals surface area (Å²) in [6.07, 6.45) is 3.49. The number of amides is 1. The van der Waals surface area contributed by atoms with Crippen LogP contribution < -0.4 is 0 Å². The number of hydrogen-bond donors (Lipinski definition) is 1. The Balaban J connectivity index is 1.81. The molecule has 3 rings (SSSR count). The zero-order valence-electron chi connectivity index (χ0n) is 18.4. The number of likely N-dealkylation sites (tertiary alicyclic amines) is 1. The number of halogens is 1. The molecule has 2 aliphatic heterocycles. The van der Waals surface area contributed by atoms with Gasteiger partial charge in [0.15, 0.2) is 6.29 Å². The number of aliphatic hydroxyl groups is 1. The van der Waals surface area contributed by atoms with Crippen molar-refractivity contribution in [2.24, 2.45) is 0 Å². The molecule has 1 aromatic rings. The van der Waals surface area contributed by atoms with Gasteiger partial charge in [-0.1, -0.05) is 6.07 Å². The number of benzene rings is 1. The molecular formula is C23H34FNO5. The normalized spacial score (nSPS) is 24.5. The quantitative estimate of drug-likeness (QED) is 0.757. The van der Waals surface area contributed by atoms with Gasteiger partial charge >= 0.3 is 6.09 Å². The fourth-order valence-electron chi connectivity index (χ4n) is 4.27. The fourth-order valence-corrected chi connectivity index (χ4v) is 4.27. The fraction of sp³-hybridized carbons (Fsp3) is 0.696. The standard InChI is InChI=1S/C23H34FNO5/c1-22(2,3)30-21(26)25-12-7-8-19(25)23(4,27)18-11-10-17(24)14-16(18)15-29-20-9-5-6-13-28-20/h10-11,14,19-20,27H,5-9,12-13,15H2,1-4H3/t19-,20?,23?/m1/s1. The molecule has 0 aromatic heterocycles. The lowest BCUT2D eigenvalue weighted by Gasteiger charge is -2.38. The third-order valence-electron chi connectivity index (χ3n) is 5.70. The summed E-state index contributed by atoms with van der Waals surface area (Å²) in [4.78, 5) is 14.3. The first-order chi connectivity index (χ1) is 14.1. The van der Waals surface area contributed by atoms with Crippen LogP contribution in [0.3, 0.4) is 0 Å². The minimum absolute atomic E-state index is 0.132. The van der Waals surface area contributed by atoms with E-state index in [-0.39, 0.29) is 12.9 Å². The molecule has 6 nitrogen and oxygen atoms in total. The van der Waals surface area contributed by atoms with E-state index in [1.54, 1.807) is 17.9 Å². The Morgan fingerprint density at radius 2 is 2.00 bits per heavy atom. The van der Waals surface area contributed by atoms with E-state index in [1.807, 2.05) is 20.8 Å². The van der Waals surface area contributed by atoms with Crippen LogP contribution in [0.25, 0.3) is 0 Å². The number of hydrogen-bond acceptors (Lipinski definition) is 5. The number of carbonyl (C=O) groups is 1. The zero-order valence-corrected chi connectivity index (χ0v) is 18.4. The molecule has 0 aliphatic carbocycles. The third kappa shape index (κ3) is 5.50. The second kappa shape index (κ2) is 9.20. The molecule has 2 saturated heterocycles. The van der Waals surface area contributed by atoms with Crippen LogP contribution in [0.2, 0.25) is 0 Å². The Morgan fingerprint density at radius 1 is 1.23 bits per heavy atom. The van der Waals surface area contributed by atoms with Gasteiger partial charge in [0.05, 0.1) is 12.6 Å². The Labute approximate surface area is 178 Å². The first-order valence-electron chi connectivity index (χ1n) is 10.8. The van der Waals surface area contributed by atoms with Gasteiger partial charge in [-0.15, -0.1) is 0 Å². The molecule has 2 fully saturated rings. The summed E-state index contributed by atoms with van der Waals surface area (Å²) in [6, 6.07) is 3.83. The van der Waals surface area contributed by atoms with Gasteiger partial charge < -0.3 is 24.2 Å². The van der Waals surface area contributed by atoms with Crippen LogP contribution in [0, 0.1) is 5.82 Å². The molecule has 0 spiro atoms. The largest absolute Gasteiger partial charge is 0.444 e. The predicted molar refractivity (Wildman–Crippen MR) is 110 cm³/mol. The SMILES string of the molecule is CC(C)(C)OC(=O)N1CCC[C@@H]1C(C)(O)c1ccc(F)cc1COC1CCCCO1. The highest BCUT2D eigenvalue weighted by molar-refractivity contribution is 5.69. The molecule has 2 aliphatic rings. The molecule has 1 N–H and O–H groups in total. The van der Waals surface area contributed by atoms with Crippen molar-refractivity contribution in [2.75, 3.05) is 13.2 Å². The van der Waals surface area contributed by atoms with E-state index >= 15 is 0 Å². The van der Waals surface area contributed by atoms with Crippen molar-refractivity contribution in [3.8, 4) is 0 Å². The summed E-state index contributed by atoms with van der Waals surface area (Å²) >= 11 is 0. The number of nitrogens with zero attached hydrogens (tertiary/aromatic N) is 1. The second-order valence-corrected chi connectivity index (χ2v) is 9.39. The van der Waals surface area contributed by atoms with Crippen LogP contribution in [0.1, 0.15) is 70.9 Å². The smallest absolute Gasteiger partial charge is 0.410 e. The number of ether oxygens (including phenoxy) is 3. The second-order valence-electron chi connectivity index (χ2n) is 9.39. The molecule has 168 valence electrons. The minimum Gasteiger partial charge on any atom is -0.444 e. The highest BCUT2D eigenvalue weighted by Crippen LogP contribution is 2.37. The molecule has 2 unspecified atom stereocenters. The van der Waals surface area contributed by atoms with Crippen molar-refractivity contribution >= 4 is 6.09 Å². The van der Waals surface area contributed by atoms with Crippen LogP contribution in [-0.2, 0) is 26.4 Å². The monoisotopic (exact) mass is 423 g/mol. The van der Waals surface area contributed by atoms with Crippen molar-refractivity contribution in [1.29, 1.82) is 0 Å². The van der Waals surface area contributed by atoms with Crippen molar-refractivity contribution in [1.82, 2.24) is 4.90 Å². The van der Waals surface area contributed by atoms with Gasteiger partial charge in [-0.2, -0.15) is 0 Å². The molecule has 30 heavy (non-hydrogen) atoms. The maximum Gasteiger partial charge on any atom is 0.410 e. The molecule has 2 heterocycles. The lowest BCUT2D eigenvalue weighted by molar-refractivity contribution is -0.169. The Hall–Kier alpha value is -1.70. The van der Waals surface area contributed by atoms with E-state index in [2.05, 4.69) is 0 Å². The zero-order chi connectivity index (χ0) is 21.9. The lowest BCUT2D eigenvalue weighted by Crippen LogP contribution is -2.50. The van der Waals surface area contributed by atoms with Gasteiger partial charge in [0.2, 0.25) is 0 Å². The van der Waals surface area contributed by atoms with Crippen molar-refractivity contribution in [3.05, 3.63) is 35.1 Å². The van der Waals surface area contributed by atoms with Gasteiger partial charge in [-0.3, -0.25) is 0 Å². The molecule has 0 radical (unpaired) electrons. The summed E-state index contributed by atoms with van der Waals surface area (Å²) in [6.45, 7) is 8.43. The van der Waals surface area contributed by atoms with E-state index < -0.39 is 29.2 Å². The molecule has 0 bridgehead atoms. The third-order valence-corrected chi connectivity index (χ3v) is 5.70. The average molecular weight is 424 g/mol. The van der Waals surface area contributed by atoms with E-state index in [4.69, 9.17) is 14.2 Å². The van der Waals surface area contributed by atoms with Gasteiger partial charge in [-0.05, 0) is 83.1 Å². The van der Waals surface area contributed by atoms with Crippen molar-refractivity contribution in [3.63, 3.8) is 0 Å². The van der Waals surface area contributed by atoms with Gasteiger partial charge in [0.25, 0.3) is 0 Å². The van der Waals surface area contributed by atoms with Crippen LogP contribution >= 0.6 is 0 Å². The summed E-state index contributed by atoms with van der Waals surface area (Å²) in [5.41, 5.74) is -0.886. The Bertz CT molecular complexity index is 740. The Morgan fingerprint density at radius 3 is 2.67 bits per heavy atom. The van der Waals surface area contributed by atoms with Gasteiger partial charge in [0, 0.05) is 13.2 Å². The number of carbonyl (C=O) groups excluding carboxylic acids is 1. The Kier molecular flexibility index (Phi) is 7.05. The van der Waals surface area contributed by atoms with Crippen LogP contribution in [0.15, 0.2) is 18.2 Å². The maximum absolute atomic E-state index is 14.0. The average Bonchev–Trinajstić information content (AvgIpc) is 3.17. The molecule has 1 aromatic carbocycles. The molecule has 1 amide bonds. The van der Waals surface area contributed by atoms with Crippen LogP contribution in [0.4, 0.5) is 9.18 Å². The van der Waals surface area contributed by atoms with Crippen molar-refractivity contribution in [2.45, 2.75) is 89.9 Å². The van der Waals surface area contributed by atoms with Crippen molar-refractivity contribution < 1.29 is 28.5 Å². The molecule has 0 saturated carbocycles. The summed E-state index contributed by atoms with van der Waals surface area (Å²) < 4.78 is 31.0. The van der Waals surface area contributed by atoms with Crippen LogP contribution in [0.5, 0.6) is 0 Å². The first kappa shape index (κ1) is 23.0. The highest BCUT2D eigenvalue weighted by Gasteiger charge is 2.45. The molecular weight excluding hydrogens is 389 g/mol. The van der Waals surface area contributed by atoms with Crippen LogP contribution in [-0.4, -0.2) is 47.2 Å². The van der Waals surface area contributed by atoms with E-state index in [0.717, 1.165) is 25.7 Å². The summed E-state index contributed by atoms with van der Waals surface area (Å²) in [5, 5.41) is 11.6. The minimum atomic E-state index is -1.38. The van der Waals surface area contributed by atoms with Gasteiger partial charge in [0.1, 0.15) is 17.0 Å². The van der Waals surface area contributed by atoms with E-state index in [0.29, 0.717) is 30.7 Å². The maximum atomic E-state index is 14.0. The lowest BCUT2D eigenvalue weighted by atomic mass is 9.84. The highest BCUT2D eigenvalue weighted by atomic mass is 19.1. The first-order valence-corrected chi connectivity index (χ1v) is 10.8. The topological polar surface area (TPSA) is 68.2 Å².